The second-order valence-corrected chi connectivity index (χ2v) is 11.8. The Morgan fingerprint density at radius 1 is 0.957 bits per heavy atom. The highest BCUT2D eigenvalue weighted by molar-refractivity contribution is 9.12. The third-order valence-corrected chi connectivity index (χ3v) is 12.6. The zero-order valence-corrected chi connectivity index (χ0v) is 18.3. The van der Waals surface area contributed by atoms with Crippen LogP contribution in [0.15, 0.2) is 0 Å². The molecule has 0 aromatic rings. The van der Waals surface area contributed by atoms with Crippen LogP contribution in [0.4, 0.5) is 0 Å². The number of hydrogen-bond donors (Lipinski definition) is 0. The highest BCUT2D eigenvalue weighted by Crippen LogP contribution is 2.70. The molecule has 4 fully saturated rings. The molecular weight excluding hydrogens is 412 g/mol. The van der Waals surface area contributed by atoms with Gasteiger partial charge in [-0.15, -0.1) is 0 Å². The van der Waals surface area contributed by atoms with E-state index in [1.54, 1.807) is 0 Å². The highest BCUT2D eigenvalue weighted by Gasteiger charge is 2.65. The van der Waals surface area contributed by atoms with Crippen molar-refractivity contribution in [2.75, 3.05) is 0 Å². The summed E-state index contributed by atoms with van der Waals surface area (Å²) in [4.78, 5) is 1.33. The van der Waals surface area contributed by atoms with Crippen LogP contribution in [0, 0.1) is 40.4 Å². The average molecular weight is 446 g/mol. The maximum atomic E-state index is 4.27. The lowest BCUT2D eigenvalue weighted by molar-refractivity contribution is -0.101. The first-order chi connectivity index (χ1) is 10.9. The summed E-state index contributed by atoms with van der Waals surface area (Å²) in [5.74, 6) is 4.78. The molecule has 2 heteroatoms. The van der Waals surface area contributed by atoms with Gasteiger partial charge in [-0.3, -0.25) is 0 Å². The lowest BCUT2D eigenvalue weighted by atomic mass is 9.44. The molecule has 0 amide bonds. The van der Waals surface area contributed by atoms with Crippen molar-refractivity contribution in [2.45, 2.75) is 88.2 Å². The normalized spacial score (nSPS) is 59.1. The van der Waals surface area contributed by atoms with Gasteiger partial charge in [0.1, 0.15) is 0 Å². The molecule has 9 atom stereocenters. The molecule has 0 aromatic heterocycles. The summed E-state index contributed by atoms with van der Waals surface area (Å²) < 4.78 is 0. The van der Waals surface area contributed by atoms with Gasteiger partial charge in [0.2, 0.25) is 0 Å². The topological polar surface area (TPSA) is 0 Å². The first kappa shape index (κ1) is 17.4. The summed E-state index contributed by atoms with van der Waals surface area (Å²) in [6.45, 7) is 7.74. The summed E-state index contributed by atoms with van der Waals surface area (Å²) in [5, 5.41) is 0. The van der Waals surface area contributed by atoms with Gasteiger partial charge in [-0.2, -0.15) is 0 Å². The maximum Gasteiger partial charge on any atom is 0.0333 e. The van der Waals surface area contributed by atoms with Crippen molar-refractivity contribution in [2.24, 2.45) is 40.4 Å². The molecule has 4 aliphatic carbocycles. The summed E-state index contributed by atoms with van der Waals surface area (Å²) in [5.41, 5.74) is 1.12. The molecule has 0 aromatic carbocycles. The standard InChI is InChI=1S/C21H34Br2/c1-4-13-9-11-16-15-10-8-14-7-5-6-12-20(14,2)17(15)18(22)19(23)21(13,16)3/h13-19H,4-12H2,1-3H3/t13?,14?,15?,16?,17?,18?,19-,20?,21?/m0/s1. The molecule has 4 saturated carbocycles. The Morgan fingerprint density at radius 3 is 2.48 bits per heavy atom. The molecular formula is C21H34Br2. The number of hydrogen-bond acceptors (Lipinski definition) is 0. The van der Waals surface area contributed by atoms with Crippen LogP contribution in [-0.2, 0) is 0 Å². The molecule has 0 radical (unpaired) electrons. The zero-order chi connectivity index (χ0) is 16.4. The summed E-state index contributed by atoms with van der Waals surface area (Å²) in [7, 11) is 0. The SMILES string of the molecule is CCC1CCC2C3CCC4CCCCC4(C)C3C(Br)[C@H](Br)C12C. The van der Waals surface area contributed by atoms with Crippen LogP contribution in [0.2, 0.25) is 0 Å². The van der Waals surface area contributed by atoms with E-state index in [1.165, 1.54) is 57.8 Å². The maximum absolute atomic E-state index is 4.27. The van der Waals surface area contributed by atoms with Crippen LogP contribution in [0.5, 0.6) is 0 Å². The molecule has 0 spiro atoms. The van der Waals surface area contributed by atoms with Crippen LogP contribution in [-0.4, -0.2) is 9.65 Å². The molecule has 8 unspecified atom stereocenters. The van der Waals surface area contributed by atoms with Crippen LogP contribution in [0.1, 0.15) is 78.6 Å². The Bertz CT molecular complexity index is 463. The minimum Gasteiger partial charge on any atom is -0.0875 e. The van der Waals surface area contributed by atoms with E-state index in [1.807, 2.05) is 0 Å². The van der Waals surface area contributed by atoms with Gasteiger partial charge in [0.15, 0.2) is 0 Å². The van der Waals surface area contributed by atoms with Gasteiger partial charge in [0, 0.05) is 9.65 Å². The summed E-state index contributed by atoms with van der Waals surface area (Å²) in [6.07, 6.45) is 13.3. The van der Waals surface area contributed by atoms with Crippen molar-refractivity contribution in [1.29, 1.82) is 0 Å². The van der Waals surface area contributed by atoms with E-state index >= 15 is 0 Å². The highest BCUT2D eigenvalue weighted by atomic mass is 79.9. The lowest BCUT2D eigenvalue weighted by Crippen LogP contribution is -2.61. The summed E-state index contributed by atoms with van der Waals surface area (Å²) in [6, 6.07) is 0. The molecule has 0 N–H and O–H groups in total. The predicted molar refractivity (Wildman–Crippen MR) is 106 cm³/mol. The Morgan fingerprint density at radius 2 is 1.74 bits per heavy atom. The van der Waals surface area contributed by atoms with E-state index in [0.29, 0.717) is 20.5 Å². The lowest BCUT2D eigenvalue weighted by Gasteiger charge is -2.63. The van der Waals surface area contributed by atoms with Gasteiger partial charge < -0.3 is 0 Å². The van der Waals surface area contributed by atoms with Crippen LogP contribution < -0.4 is 0 Å². The van der Waals surface area contributed by atoms with Crippen molar-refractivity contribution in [3.05, 3.63) is 0 Å². The quantitative estimate of drug-likeness (QED) is 0.374. The first-order valence-electron chi connectivity index (χ1n) is 10.2. The molecule has 0 nitrogen and oxygen atoms in total. The van der Waals surface area contributed by atoms with Crippen LogP contribution in [0.3, 0.4) is 0 Å². The Hall–Kier alpha value is 0.960. The first-order valence-corrected chi connectivity index (χ1v) is 12.1. The molecule has 0 aliphatic heterocycles. The van der Waals surface area contributed by atoms with E-state index in [4.69, 9.17) is 0 Å². The van der Waals surface area contributed by atoms with Gasteiger partial charge in [0.25, 0.3) is 0 Å². The van der Waals surface area contributed by atoms with Gasteiger partial charge in [-0.1, -0.05) is 71.9 Å². The fourth-order valence-electron chi connectivity index (χ4n) is 8.04. The van der Waals surface area contributed by atoms with E-state index < -0.39 is 0 Å². The predicted octanol–water partition coefficient (Wildman–Crippen LogP) is 7.19. The fourth-order valence-corrected chi connectivity index (χ4v) is 10.6. The second-order valence-electron chi connectivity index (χ2n) is 9.72. The van der Waals surface area contributed by atoms with E-state index in [-0.39, 0.29) is 0 Å². The minimum absolute atomic E-state index is 0.516. The molecule has 23 heavy (non-hydrogen) atoms. The fraction of sp³-hybridized carbons (Fsp3) is 1.00. The van der Waals surface area contributed by atoms with E-state index in [2.05, 4.69) is 52.6 Å². The van der Waals surface area contributed by atoms with Crippen LogP contribution >= 0.6 is 31.9 Å². The third-order valence-electron chi connectivity index (χ3n) is 9.25. The van der Waals surface area contributed by atoms with Crippen molar-refractivity contribution < 1.29 is 0 Å². The van der Waals surface area contributed by atoms with Gasteiger partial charge >= 0.3 is 0 Å². The molecule has 0 bridgehead atoms. The zero-order valence-electron chi connectivity index (χ0n) is 15.2. The molecule has 4 rings (SSSR count). The van der Waals surface area contributed by atoms with Gasteiger partial charge in [0.05, 0.1) is 0 Å². The summed E-state index contributed by atoms with van der Waals surface area (Å²) >= 11 is 8.53. The monoisotopic (exact) mass is 444 g/mol. The van der Waals surface area contributed by atoms with Crippen LogP contribution in [0.25, 0.3) is 0 Å². The Balaban J connectivity index is 1.73. The van der Waals surface area contributed by atoms with Crippen molar-refractivity contribution in [1.82, 2.24) is 0 Å². The smallest absolute Gasteiger partial charge is 0.0333 e. The second kappa shape index (κ2) is 6.00. The largest absolute Gasteiger partial charge is 0.0875 e. The number of fused-ring (bicyclic) bond motifs is 5. The molecule has 0 heterocycles. The van der Waals surface area contributed by atoms with Crippen molar-refractivity contribution in [3.63, 3.8) is 0 Å². The average Bonchev–Trinajstić information content (AvgIpc) is 2.89. The number of alkyl halides is 2. The third kappa shape index (κ3) is 2.25. The minimum atomic E-state index is 0.516. The number of rotatable bonds is 1. The van der Waals surface area contributed by atoms with Crippen molar-refractivity contribution >= 4 is 31.9 Å². The van der Waals surface area contributed by atoms with Crippen molar-refractivity contribution in [3.8, 4) is 0 Å². The van der Waals surface area contributed by atoms with E-state index in [0.717, 1.165) is 29.6 Å². The van der Waals surface area contributed by atoms with Gasteiger partial charge in [-0.05, 0) is 78.9 Å². The number of halogens is 2. The van der Waals surface area contributed by atoms with Gasteiger partial charge in [-0.25, -0.2) is 0 Å². The van der Waals surface area contributed by atoms with E-state index in [9.17, 15) is 0 Å². The molecule has 4 aliphatic rings. The molecule has 132 valence electrons. The Labute approximate surface area is 160 Å². The molecule has 0 saturated heterocycles. The Kier molecular flexibility index (Phi) is 4.53.